The van der Waals surface area contributed by atoms with E-state index in [0.29, 0.717) is 64.6 Å². The van der Waals surface area contributed by atoms with Crippen molar-refractivity contribution in [2.75, 3.05) is 13.1 Å². The maximum Gasteiger partial charge on any atom is 0.253 e. The number of aryl methyl sites for hydroxylation is 1. The van der Waals surface area contributed by atoms with Crippen molar-refractivity contribution in [2.24, 2.45) is 0 Å². The van der Waals surface area contributed by atoms with Crippen LogP contribution in [0.4, 0.5) is 0 Å². The van der Waals surface area contributed by atoms with Crippen molar-refractivity contribution >= 4 is 38.4 Å². The van der Waals surface area contributed by atoms with E-state index in [4.69, 9.17) is 16.0 Å². The number of hydrogen-bond acceptors (Lipinski definition) is 6. The minimum Gasteiger partial charge on any atom is -0.441 e. The van der Waals surface area contributed by atoms with Gasteiger partial charge in [-0.25, -0.2) is 13.4 Å². The predicted molar refractivity (Wildman–Crippen MR) is 137 cm³/mol. The molecule has 1 aliphatic heterocycles. The van der Waals surface area contributed by atoms with Crippen LogP contribution in [0.5, 0.6) is 0 Å². The summed E-state index contributed by atoms with van der Waals surface area (Å²) < 4.78 is 31.7. The van der Waals surface area contributed by atoms with Crippen molar-refractivity contribution in [3.05, 3.63) is 94.3 Å². The Bertz CT molecular complexity index is 1540. The van der Waals surface area contributed by atoms with Crippen LogP contribution in [0.2, 0.25) is 5.02 Å². The Hall–Kier alpha value is -3.20. The highest BCUT2D eigenvalue weighted by molar-refractivity contribution is 7.90. The van der Waals surface area contributed by atoms with E-state index in [1.807, 2.05) is 18.2 Å². The van der Waals surface area contributed by atoms with Gasteiger partial charge in [-0.3, -0.25) is 4.79 Å². The number of aromatic nitrogens is 1. The standard InChI is InChI=1S/C27H25ClN2O5S/c1-18-29-25-23(35-18)7-4-8-24(25)36(33,34)17-19-9-11-20(12-10-19)26(31)30-15-13-27(32,14-16-30)21-5-2-3-6-22(21)28/h2-12,32H,13-17H2,1H3. The SMILES string of the molecule is Cc1nc2c(S(=O)(=O)Cc3ccc(C(=O)N4CCC(O)(c5ccccc5Cl)CC4)cc3)cccc2o1. The van der Waals surface area contributed by atoms with Gasteiger partial charge in [0.1, 0.15) is 5.52 Å². The number of carbonyl (C=O) groups is 1. The van der Waals surface area contributed by atoms with Gasteiger partial charge < -0.3 is 14.4 Å². The molecule has 1 amide bonds. The number of oxazole rings is 1. The van der Waals surface area contributed by atoms with Crippen molar-refractivity contribution < 1.29 is 22.7 Å². The van der Waals surface area contributed by atoms with E-state index in [0.717, 1.165) is 0 Å². The first-order chi connectivity index (χ1) is 17.2. The molecule has 0 unspecified atom stereocenters. The molecule has 1 aromatic heterocycles. The predicted octanol–water partition coefficient (Wildman–Crippen LogP) is 4.89. The van der Waals surface area contributed by atoms with E-state index >= 15 is 0 Å². The monoisotopic (exact) mass is 524 g/mol. The first-order valence-electron chi connectivity index (χ1n) is 11.6. The number of benzene rings is 3. The topological polar surface area (TPSA) is 101 Å². The third-order valence-electron chi connectivity index (χ3n) is 6.63. The summed E-state index contributed by atoms with van der Waals surface area (Å²) in [6, 6.07) is 18.7. The van der Waals surface area contributed by atoms with Crippen molar-refractivity contribution in [1.29, 1.82) is 0 Å². The summed E-state index contributed by atoms with van der Waals surface area (Å²) in [5.74, 6) is 0.0214. The summed E-state index contributed by atoms with van der Waals surface area (Å²) in [5, 5.41) is 11.6. The van der Waals surface area contributed by atoms with Gasteiger partial charge >= 0.3 is 0 Å². The lowest BCUT2D eigenvalue weighted by molar-refractivity contribution is -0.0210. The molecular formula is C27H25ClN2O5S. The van der Waals surface area contributed by atoms with Gasteiger partial charge in [0.05, 0.1) is 16.2 Å². The normalized spacial score (nSPS) is 15.8. The van der Waals surface area contributed by atoms with Crippen molar-refractivity contribution in [3.63, 3.8) is 0 Å². The van der Waals surface area contributed by atoms with Crippen LogP contribution >= 0.6 is 11.6 Å². The molecule has 36 heavy (non-hydrogen) atoms. The third-order valence-corrected chi connectivity index (χ3v) is 8.68. The smallest absolute Gasteiger partial charge is 0.253 e. The first-order valence-corrected chi connectivity index (χ1v) is 13.6. The Balaban J connectivity index is 1.27. The summed E-state index contributed by atoms with van der Waals surface area (Å²) in [7, 11) is -3.68. The van der Waals surface area contributed by atoms with Gasteiger partial charge in [0.25, 0.3) is 5.91 Å². The second-order valence-electron chi connectivity index (χ2n) is 9.10. The molecule has 1 saturated heterocycles. The van der Waals surface area contributed by atoms with Crippen molar-refractivity contribution in [3.8, 4) is 0 Å². The largest absolute Gasteiger partial charge is 0.441 e. The highest BCUT2D eigenvalue weighted by Gasteiger charge is 2.37. The molecule has 0 spiro atoms. The molecule has 1 aliphatic rings. The number of rotatable bonds is 5. The zero-order valence-corrected chi connectivity index (χ0v) is 21.2. The number of fused-ring (bicyclic) bond motifs is 1. The zero-order valence-electron chi connectivity index (χ0n) is 19.6. The van der Waals surface area contributed by atoms with Gasteiger partial charge in [0.2, 0.25) is 0 Å². The summed E-state index contributed by atoms with van der Waals surface area (Å²) in [6.45, 7) is 2.45. The highest BCUT2D eigenvalue weighted by Crippen LogP contribution is 2.37. The van der Waals surface area contributed by atoms with E-state index in [-0.39, 0.29) is 16.6 Å². The molecule has 4 aromatic rings. The van der Waals surface area contributed by atoms with E-state index in [2.05, 4.69) is 4.98 Å². The van der Waals surface area contributed by atoms with Crippen LogP contribution < -0.4 is 0 Å². The Labute approximate surface area is 214 Å². The molecule has 0 bridgehead atoms. The maximum atomic E-state index is 13.1. The summed E-state index contributed by atoms with van der Waals surface area (Å²) >= 11 is 6.28. The third kappa shape index (κ3) is 4.64. The molecule has 7 nitrogen and oxygen atoms in total. The summed E-state index contributed by atoms with van der Waals surface area (Å²) in [4.78, 5) is 19.1. The van der Waals surface area contributed by atoms with Crippen molar-refractivity contribution in [1.82, 2.24) is 9.88 Å². The average Bonchev–Trinajstić information content (AvgIpc) is 3.24. The first kappa shape index (κ1) is 24.5. The van der Waals surface area contributed by atoms with Crippen LogP contribution in [0.1, 0.15) is 40.2 Å². The number of piperidine rings is 1. The summed E-state index contributed by atoms with van der Waals surface area (Å²) in [6.07, 6.45) is 0.762. The molecule has 2 heterocycles. The van der Waals surface area contributed by atoms with Crippen LogP contribution in [0.3, 0.4) is 0 Å². The molecule has 0 saturated carbocycles. The molecule has 186 valence electrons. The van der Waals surface area contributed by atoms with Gasteiger partial charge in [0, 0.05) is 36.2 Å². The van der Waals surface area contributed by atoms with Gasteiger partial charge in [-0.05, 0) is 48.7 Å². The fourth-order valence-electron chi connectivity index (χ4n) is 4.70. The van der Waals surface area contributed by atoms with E-state index < -0.39 is 15.4 Å². The van der Waals surface area contributed by atoms with Gasteiger partial charge in [-0.2, -0.15) is 0 Å². The number of likely N-dealkylation sites (tertiary alicyclic amines) is 1. The Morgan fingerprint density at radius 3 is 2.44 bits per heavy atom. The number of para-hydroxylation sites is 1. The number of nitrogens with zero attached hydrogens (tertiary/aromatic N) is 2. The number of aliphatic hydroxyl groups is 1. The van der Waals surface area contributed by atoms with Crippen LogP contribution in [-0.2, 0) is 21.2 Å². The zero-order chi connectivity index (χ0) is 25.5. The van der Waals surface area contributed by atoms with E-state index in [9.17, 15) is 18.3 Å². The van der Waals surface area contributed by atoms with Crippen LogP contribution in [0, 0.1) is 6.92 Å². The Morgan fingerprint density at radius 2 is 1.75 bits per heavy atom. The maximum absolute atomic E-state index is 13.1. The number of sulfone groups is 1. The molecular weight excluding hydrogens is 500 g/mol. The highest BCUT2D eigenvalue weighted by atomic mass is 35.5. The van der Waals surface area contributed by atoms with Crippen LogP contribution in [-0.4, -0.2) is 42.4 Å². The Morgan fingerprint density at radius 1 is 1.06 bits per heavy atom. The molecule has 9 heteroatoms. The van der Waals surface area contributed by atoms with Gasteiger partial charge in [-0.15, -0.1) is 0 Å². The fourth-order valence-corrected chi connectivity index (χ4v) is 6.52. The lowest BCUT2D eigenvalue weighted by Gasteiger charge is -2.39. The number of carbonyl (C=O) groups excluding carboxylic acids is 1. The summed E-state index contributed by atoms with van der Waals surface area (Å²) in [5.41, 5.74) is 1.39. The second kappa shape index (κ2) is 9.35. The Kier molecular flexibility index (Phi) is 6.36. The molecule has 3 aromatic carbocycles. The number of amides is 1. The lowest BCUT2D eigenvalue weighted by atomic mass is 9.84. The average molecular weight is 525 g/mol. The lowest BCUT2D eigenvalue weighted by Crippen LogP contribution is -2.45. The molecule has 0 aliphatic carbocycles. The molecule has 5 rings (SSSR count). The number of halogens is 1. The van der Waals surface area contributed by atoms with Crippen LogP contribution in [0.25, 0.3) is 11.1 Å². The van der Waals surface area contributed by atoms with Crippen LogP contribution in [0.15, 0.2) is 76.0 Å². The minimum absolute atomic E-state index is 0.122. The number of hydrogen-bond donors (Lipinski definition) is 1. The van der Waals surface area contributed by atoms with E-state index in [1.165, 1.54) is 6.07 Å². The molecule has 1 fully saturated rings. The van der Waals surface area contributed by atoms with Crippen molar-refractivity contribution in [2.45, 2.75) is 36.0 Å². The quantitative estimate of drug-likeness (QED) is 0.399. The van der Waals surface area contributed by atoms with Gasteiger partial charge in [0.15, 0.2) is 21.3 Å². The minimum atomic E-state index is -3.68. The molecule has 0 atom stereocenters. The van der Waals surface area contributed by atoms with Gasteiger partial charge in [-0.1, -0.05) is 48.0 Å². The second-order valence-corrected chi connectivity index (χ2v) is 11.5. The fraction of sp³-hybridized carbons (Fsp3) is 0.259. The van der Waals surface area contributed by atoms with E-state index in [1.54, 1.807) is 54.3 Å². The molecule has 1 N–H and O–H groups in total. The molecule has 0 radical (unpaired) electrons.